The van der Waals surface area contributed by atoms with E-state index in [0.29, 0.717) is 22.6 Å². The molecule has 0 bridgehead atoms. The third-order valence-electron chi connectivity index (χ3n) is 5.44. The van der Waals surface area contributed by atoms with E-state index < -0.39 is 0 Å². The van der Waals surface area contributed by atoms with Gasteiger partial charge in [-0.1, -0.05) is 65.0 Å². The smallest absolute Gasteiger partial charge is 0.144 e. The lowest BCUT2D eigenvalue weighted by molar-refractivity contribution is 0.428. The van der Waals surface area contributed by atoms with Crippen molar-refractivity contribution in [1.29, 1.82) is 0 Å². The highest BCUT2D eigenvalue weighted by molar-refractivity contribution is 5.99. The Balaban J connectivity index is 1.50. The van der Waals surface area contributed by atoms with E-state index in [2.05, 4.69) is 49.9 Å². The van der Waals surface area contributed by atoms with Gasteiger partial charge in [0.25, 0.3) is 0 Å². The maximum absolute atomic E-state index is 5.32. The van der Waals surface area contributed by atoms with Crippen molar-refractivity contribution in [3.8, 4) is 28.3 Å². The van der Waals surface area contributed by atoms with E-state index in [1.165, 1.54) is 5.39 Å². The number of para-hydroxylation sites is 1. The molecule has 0 aliphatic heterocycles. The normalized spacial score (nSPS) is 11.4. The third kappa shape index (κ3) is 2.78. The van der Waals surface area contributed by atoms with Crippen molar-refractivity contribution in [2.24, 2.45) is 0 Å². The molecule has 0 aliphatic carbocycles. The first-order chi connectivity index (χ1) is 15.3. The van der Waals surface area contributed by atoms with Crippen LogP contribution in [-0.2, 0) is 0 Å². The number of fused-ring (bicyclic) bond motifs is 2. The number of benzene rings is 3. The number of nitrogens with zero attached hydrogens (tertiary/aromatic N) is 6. The minimum absolute atomic E-state index is 0.598. The van der Waals surface area contributed by atoms with Gasteiger partial charge < -0.3 is 4.52 Å². The lowest BCUT2D eigenvalue weighted by Crippen LogP contribution is -1.99. The first-order valence-corrected chi connectivity index (χ1v) is 9.87. The van der Waals surface area contributed by atoms with Crippen LogP contribution in [0.2, 0.25) is 0 Å². The van der Waals surface area contributed by atoms with Crippen LogP contribution >= 0.6 is 0 Å². The molecule has 7 nitrogen and oxygen atoms in total. The first-order valence-electron chi connectivity index (χ1n) is 9.87. The van der Waals surface area contributed by atoms with Gasteiger partial charge in [-0.15, -0.1) is 15.3 Å². The maximum atomic E-state index is 5.32. The van der Waals surface area contributed by atoms with E-state index in [0.717, 1.165) is 27.7 Å². The summed E-state index contributed by atoms with van der Waals surface area (Å²) in [7, 11) is 0. The van der Waals surface area contributed by atoms with Crippen molar-refractivity contribution >= 4 is 21.7 Å². The predicted molar refractivity (Wildman–Crippen MR) is 118 cm³/mol. The lowest BCUT2D eigenvalue weighted by Gasteiger charge is -2.06. The Labute approximate surface area is 176 Å². The summed E-state index contributed by atoms with van der Waals surface area (Å²) in [6.07, 6.45) is 1.59. The Hall–Kier alpha value is -4.39. The summed E-state index contributed by atoms with van der Waals surface area (Å²) in [6, 6.07) is 24.2. The molecule has 6 rings (SSSR count). The monoisotopic (exact) mass is 404 g/mol. The quantitative estimate of drug-likeness (QED) is 0.413. The van der Waals surface area contributed by atoms with Crippen LogP contribution in [0.4, 0.5) is 0 Å². The summed E-state index contributed by atoms with van der Waals surface area (Å²) in [5.41, 5.74) is 5.29. The van der Waals surface area contributed by atoms with Gasteiger partial charge in [0.05, 0.1) is 16.8 Å². The molecule has 0 saturated heterocycles. The molecule has 0 unspecified atom stereocenters. The van der Waals surface area contributed by atoms with Crippen molar-refractivity contribution in [1.82, 2.24) is 30.3 Å². The molecule has 6 aromatic rings. The van der Waals surface area contributed by atoms with Crippen LogP contribution < -0.4 is 0 Å². The van der Waals surface area contributed by atoms with E-state index in [-0.39, 0.29) is 0 Å². The zero-order chi connectivity index (χ0) is 20.8. The molecule has 7 heteroatoms. The number of hydrogen-bond donors (Lipinski definition) is 0. The van der Waals surface area contributed by atoms with Gasteiger partial charge in [0.2, 0.25) is 0 Å². The fourth-order valence-corrected chi connectivity index (χ4v) is 3.85. The van der Waals surface area contributed by atoms with Gasteiger partial charge >= 0.3 is 0 Å². The number of hydrogen-bond acceptors (Lipinski definition) is 6. The molecule has 0 aliphatic rings. The van der Waals surface area contributed by atoms with Gasteiger partial charge in [0.15, 0.2) is 0 Å². The van der Waals surface area contributed by atoms with Crippen LogP contribution in [0.5, 0.6) is 0 Å². The summed E-state index contributed by atoms with van der Waals surface area (Å²) in [4.78, 5) is 0. The topological polar surface area (TPSA) is 82.5 Å². The van der Waals surface area contributed by atoms with E-state index in [4.69, 9.17) is 4.52 Å². The Bertz CT molecular complexity index is 1550. The second kappa shape index (κ2) is 6.84. The summed E-state index contributed by atoms with van der Waals surface area (Å²) < 4.78 is 7.11. The molecule has 0 atom stereocenters. The standard InChI is InChI=1S/C24H16N6O/c1-15-21(27-29-30(15)19-9-3-2-4-10-19)23-20-14-31-28-24(20)22(25-26-23)18-12-11-16-7-5-6-8-17(16)13-18/h2-14H,1H3. The highest BCUT2D eigenvalue weighted by Gasteiger charge is 2.21. The Morgan fingerprint density at radius 2 is 1.52 bits per heavy atom. The first kappa shape index (κ1) is 17.5. The van der Waals surface area contributed by atoms with Gasteiger partial charge in [-0.25, -0.2) is 4.68 Å². The van der Waals surface area contributed by atoms with Gasteiger partial charge in [0.1, 0.15) is 28.9 Å². The van der Waals surface area contributed by atoms with Crippen LogP contribution in [0, 0.1) is 6.92 Å². The highest BCUT2D eigenvalue weighted by Crippen LogP contribution is 2.33. The van der Waals surface area contributed by atoms with Gasteiger partial charge in [-0.2, -0.15) is 0 Å². The van der Waals surface area contributed by atoms with Crippen LogP contribution in [0.3, 0.4) is 0 Å². The SMILES string of the molecule is Cc1c(-c2nnc(-c3ccc4ccccc4c3)c3nocc23)nnn1-c1ccccc1. The fraction of sp³-hybridized carbons (Fsp3) is 0.0417. The molecule has 148 valence electrons. The van der Waals surface area contributed by atoms with E-state index >= 15 is 0 Å². The zero-order valence-electron chi connectivity index (χ0n) is 16.6. The average Bonchev–Trinajstić information content (AvgIpc) is 3.46. The minimum atomic E-state index is 0.598. The van der Waals surface area contributed by atoms with Gasteiger partial charge in [-0.3, -0.25) is 0 Å². The number of rotatable bonds is 3. The molecule has 31 heavy (non-hydrogen) atoms. The van der Waals surface area contributed by atoms with E-state index in [1.807, 2.05) is 55.5 Å². The molecule has 0 radical (unpaired) electrons. The second-order valence-electron chi connectivity index (χ2n) is 7.31. The van der Waals surface area contributed by atoms with Crippen molar-refractivity contribution < 1.29 is 4.52 Å². The molecule has 3 aromatic heterocycles. The van der Waals surface area contributed by atoms with E-state index in [9.17, 15) is 0 Å². The fourth-order valence-electron chi connectivity index (χ4n) is 3.85. The lowest BCUT2D eigenvalue weighted by atomic mass is 10.0. The molecule has 0 spiro atoms. The largest absolute Gasteiger partial charge is 0.363 e. The van der Waals surface area contributed by atoms with Crippen molar-refractivity contribution in [2.45, 2.75) is 6.92 Å². The second-order valence-corrected chi connectivity index (χ2v) is 7.31. The summed E-state index contributed by atoms with van der Waals surface area (Å²) in [5.74, 6) is 0. The van der Waals surface area contributed by atoms with Crippen LogP contribution in [0.1, 0.15) is 5.69 Å². The van der Waals surface area contributed by atoms with Crippen LogP contribution in [0.25, 0.3) is 50.0 Å². The van der Waals surface area contributed by atoms with Crippen molar-refractivity contribution in [2.75, 3.05) is 0 Å². The molecule has 3 heterocycles. The van der Waals surface area contributed by atoms with Crippen molar-refractivity contribution in [3.63, 3.8) is 0 Å². The maximum Gasteiger partial charge on any atom is 0.144 e. The third-order valence-corrected chi connectivity index (χ3v) is 5.44. The Morgan fingerprint density at radius 3 is 2.39 bits per heavy atom. The van der Waals surface area contributed by atoms with Crippen LogP contribution in [-0.4, -0.2) is 30.3 Å². The van der Waals surface area contributed by atoms with E-state index in [1.54, 1.807) is 10.9 Å². The molecule has 0 N–H and O–H groups in total. The highest BCUT2D eigenvalue weighted by atomic mass is 16.5. The van der Waals surface area contributed by atoms with Crippen molar-refractivity contribution in [3.05, 3.63) is 84.8 Å². The molecule has 0 amide bonds. The molecular weight excluding hydrogens is 388 g/mol. The van der Waals surface area contributed by atoms with Crippen LogP contribution in [0.15, 0.2) is 83.6 Å². The zero-order valence-corrected chi connectivity index (χ0v) is 16.6. The molecule has 0 fully saturated rings. The summed E-state index contributed by atoms with van der Waals surface area (Å²) in [5, 5.41) is 25.0. The Morgan fingerprint density at radius 1 is 0.742 bits per heavy atom. The summed E-state index contributed by atoms with van der Waals surface area (Å²) >= 11 is 0. The molecule has 0 saturated carbocycles. The molecular formula is C24H16N6O. The summed E-state index contributed by atoms with van der Waals surface area (Å²) in [6.45, 7) is 1.96. The predicted octanol–water partition coefficient (Wildman–Crippen LogP) is 4.99. The van der Waals surface area contributed by atoms with Gasteiger partial charge in [0, 0.05) is 5.56 Å². The number of aromatic nitrogens is 6. The average molecular weight is 404 g/mol. The molecule has 3 aromatic carbocycles. The minimum Gasteiger partial charge on any atom is -0.363 e. The van der Waals surface area contributed by atoms with Gasteiger partial charge in [-0.05, 0) is 35.9 Å². The Kier molecular flexibility index (Phi) is 3.86.